The second-order valence-electron chi connectivity index (χ2n) is 26.4. The van der Waals surface area contributed by atoms with Crippen LogP contribution in [0.15, 0.2) is 55.4 Å². The first-order valence-corrected chi connectivity index (χ1v) is 34.9. The summed E-state index contributed by atoms with van der Waals surface area (Å²) in [5, 5.41) is 30.5. The number of hydrogen-bond donors (Lipinski definition) is 9. The summed E-state index contributed by atoms with van der Waals surface area (Å²) in [5.74, 6) is 2.28. The van der Waals surface area contributed by atoms with Gasteiger partial charge in [0.15, 0.2) is 21.3 Å². The van der Waals surface area contributed by atoms with E-state index in [1.54, 1.807) is 36.8 Å². The second kappa shape index (κ2) is 31.9. The Morgan fingerprint density at radius 1 is 0.531 bits per heavy atom. The smallest absolute Gasteiger partial charge is 0.256 e. The minimum atomic E-state index is -0.858. The van der Waals surface area contributed by atoms with Crippen molar-refractivity contribution in [2.45, 2.75) is 102 Å². The van der Waals surface area contributed by atoms with Crippen molar-refractivity contribution in [2.24, 2.45) is 41.4 Å². The third kappa shape index (κ3) is 17.9. The van der Waals surface area contributed by atoms with Gasteiger partial charge in [-0.3, -0.25) is 19.4 Å². The highest BCUT2D eigenvalue weighted by molar-refractivity contribution is 6.37. The topological polar surface area (TPSA) is 312 Å². The van der Waals surface area contributed by atoms with Crippen molar-refractivity contribution in [1.82, 2.24) is 60.8 Å². The van der Waals surface area contributed by atoms with Crippen molar-refractivity contribution in [3.05, 3.63) is 85.9 Å². The van der Waals surface area contributed by atoms with Gasteiger partial charge < -0.3 is 66.8 Å². The van der Waals surface area contributed by atoms with E-state index in [2.05, 4.69) is 98.5 Å². The molecule has 96 heavy (non-hydrogen) atoms. The number of amides is 3. The van der Waals surface area contributed by atoms with E-state index in [0.717, 1.165) is 45.1 Å². The number of nitrogens with one attached hydrogen (secondary N) is 9. The number of carbonyl (C=O) groups is 3. The molecule has 31 heteroatoms. The number of rotatable bonds is 20. The first-order valence-electron chi connectivity index (χ1n) is 32.7. The molecule has 9 N–H and O–H groups in total. The van der Waals surface area contributed by atoms with Gasteiger partial charge in [-0.25, -0.2) is 39.9 Å². The van der Waals surface area contributed by atoms with Crippen molar-refractivity contribution in [3.63, 3.8) is 0 Å². The average Bonchev–Trinajstić information content (AvgIpc) is 0.838. The van der Waals surface area contributed by atoms with Crippen molar-refractivity contribution in [1.29, 1.82) is 0 Å². The lowest BCUT2D eigenvalue weighted by Crippen LogP contribution is -2.55. The summed E-state index contributed by atoms with van der Waals surface area (Å²) in [5.41, 5.74) is 2.13. The van der Waals surface area contributed by atoms with Crippen molar-refractivity contribution < 1.29 is 33.3 Å². The Labute approximate surface area is 586 Å². The fourth-order valence-electron chi connectivity index (χ4n) is 13.6. The fourth-order valence-corrected chi connectivity index (χ4v) is 14.8. The maximum atomic E-state index is 14.0. The molecule has 0 saturated carbocycles. The summed E-state index contributed by atoms with van der Waals surface area (Å²) < 4.78 is 25.0. The number of nitrogens with zero attached hydrogens (tertiary/aromatic N) is 9. The van der Waals surface area contributed by atoms with Gasteiger partial charge in [-0.1, -0.05) is 76.5 Å². The number of hydrogen-bond acceptors (Lipinski definition) is 22. The van der Waals surface area contributed by atoms with Crippen LogP contribution in [-0.2, 0) is 33.3 Å². The number of carbonyl (C=O) groups excluding carboxylic acids is 3. The Bertz CT molecular complexity index is 3770. The lowest BCUT2D eigenvalue weighted by molar-refractivity contribution is -0.154. The first kappa shape index (κ1) is 69.8. The van der Waals surface area contributed by atoms with Crippen LogP contribution in [0.4, 0.5) is 34.9 Å². The highest BCUT2D eigenvalue weighted by atomic mass is 35.5. The molecule has 3 amide bonds. The number of aromatic nitrogens is 9. The van der Waals surface area contributed by atoms with E-state index in [0.29, 0.717) is 152 Å². The molecule has 10 unspecified atom stereocenters. The maximum Gasteiger partial charge on any atom is 0.256 e. The van der Waals surface area contributed by atoms with E-state index >= 15 is 0 Å². The normalized spacial score (nSPS) is 25.5. The van der Waals surface area contributed by atoms with E-state index in [-0.39, 0.29) is 97.3 Å². The molecule has 25 nitrogen and oxygen atoms in total. The summed E-state index contributed by atoms with van der Waals surface area (Å²) in [6.45, 7) is 13.5. The molecule has 0 aliphatic carbocycles. The minimum absolute atomic E-state index is 0.0298. The second-order valence-corrected chi connectivity index (χ2v) is 28.7. The monoisotopic (exact) mass is 1430 g/mol. The zero-order chi connectivity index (χ0) is 67.0. The van der Waals surface area contributed by atoms with E-state index in [9.17, 15) is 14.4 Å². The quantitative estimate of drug-likeness (QED) is 0.0343. The van der Waals surface area contributed by atoms with Gasteiger partial charge in [-0.2, -0.15) is 0 Å². The van der Waals surface area contributed by atoms with Gasteiger partial charge in [0.25, 0.3) is 5.91 Å². The molecule has 6 fully saturated rings. The van der Waals surface area contributed by atoms with Crippen LogP contribution in [0.5, 0.6) is 0 Å². The molecule has 10 atom stereocenters. The zero-order valence-electron chi connectivity index (χ0n) is 53.3. The number of morpholine rings is 1. The molecular formula is C65H78Cl6N18O7. The molecule has 6 aromatic heterocycles. The minimum Gasteiger partial charge on any atom is -0.381 e. The predicted molar refractivity (Wildman–Crippen MR) is 371 cm³/mol. The Morgan fingerprint density at radius 3 is 1.83 bits per heavy atom. The van der Waals surface area contributed by atoms with Crippen LogP contribution < -0.4 is 47.9 Å². The van der Waals surface area contributed by atoms with Crippen LogP contribution in [0.1, 0.15) is 72.1 Å². The third-order valence-electron chi connectivity index (χ3n) is 18.5. The summed E-state index contributed by atoms with van der Waals surface area (Å²) >= 11 is 39.9. The molecule has 0 radical (unpaired) electrons. The zero-order valence-corrected chi connectivity index (χ0v) is 57.9. The standard InChI is InChI=1S/C65H78Cl6N18O7/c1-33-10-38(23-72-18-33)62(90)85-51-14-40(43(66)25-78-51)46-28-74-31-54(83-46)76-20-35-6-9-94-48(11-35)49-29-75-30-50(95-49)64(92)87-53-15-41(44(67)26-80-53)56-58(69)81-32-55(84-56)77-21-36-12-47(96-65(2,3)17-36)37-13-39(24-73-22-37)63(91)86-52-16-42(45(68)27-79-52)57-59(70)89-60(71)61(88-57)82-19-34-4-7-93-8-5-34/h14-16,25-28,31-39,47-50,72-73,75H,4-13,17-24,29-30H2,1-3H3,(H,76,83)(H,77,84)(H,82,88)(H,78,85,90)(H,79,86,91)(H,80,87,92). The summed E-state index contributed by atoms with van der Waals surface area (Å²) in [4.78, 5) is 82.0. The average molecular weight is 1440 g/mol. The van der Waals surface area contributed by atoms with Gasteiger partial charge in [0.05, 0.1) is 75.1 Å². The molecule has 6 aliphatic rings. The van der Waals surface area contributed by atoms with Crippen LogP contribution in [0, 0.1) is 41.4 Å². The van der Waals surface area contributed by atoms with Crippen LogP contribution in [0.25, 0.3) is 33.8 Å². The molecule has 0 bridgehead atoms. The number of ether oxygens (including phenoxy) is 4. The summed E-state index contributed by atoms with van der Waals surface area (Å²) in [6, 6.07) is 4.98. The van der Waals surface area contributed by atoms with E-state index in [4.69, 9.17) is 104 Å². The molecule has 0 spiro atoms. The Kier molecular flexibility index (Phi) is 23.2. The SMILES string of the molecule is CC1CNCC(C(=O)Nc2cc(-c3cncc(NCC4CCOC(C5CNCC(C(=O)Nc6cc(-c7nc(NCC8CC(C9CNCC(C(=O)Nc%10cc(-c%11nc(NCC%12CCOCC%12)c(Cl)nc%11Cl)c(Cl)cn%10)C9)OC(C)(C)C8)cnc7Cl)c(Cl)cn6)O5)C4)n3)c(Cl)cn2)C1. The van der Waals surface area contributed by atoms with Crippen LogP contribution in [-0.4, -0.2) is 171 Å². The van der Waals surface area contributed by atoms with Gasteiger partial charge in [0.1, 0.15) is 46.6 Å². The largest absolute Gasteiger partial charge is 0.381 e. The lowest BCUT2D eigenvalue weighted by atomic mass is 9.78. The number of pyridine rings is 3. The van der Waals surface area contributed by atoms with E-state index in [1.807, 2.05) is 0 Å². The number of piperidine rings is 2. The summed E-state index contributed by atoms with van der Waals surface area (Å²) in [6.07, 6.45) is 13.8. The van der Waals surface area contributed by atoms with E-state index < -0.39 is 23.7 Å². The molecular weight excluding hydrogens is 1360 g/mol. The molecule has 6 aliphatic heterocycles. The molecule has 6 saturated heterocycles. The summed E-state index contributed by atoms with van der Waals surface area (Å²) in [7, 11) is 0. The first-order chi connectivity index (χ1) is 46.3. The van der Waals surface area contributed by atoms with Gasteiger partial charge >= 0.3 is 0 Å². The van der Waals surface area contributed by atoms with Crippen molar-refractivity contribution >= 4 is 122 Å². The van der Waals surface area contributed by atoms with Gasteiger partial charge in [0.2, 0.25) is 11.8 Å². The van der Waals surface area contributed by atoms with Gasteiger partial charge in [-0.05, 0) is 120 Å². The number of anilines is 6. The molecule has 0 aromatic carbocycles. The third-order valence-corrected chi connectivity index (χ3v) is 20.2. The van der Waals surface area contributed by atoms with Crippen LogP contribution in [0.2, 0.25) is 30.5 Å². The Balaban J connectivity index is 0.620. The van der Waals surface area contributed by atoms with Gasteiger partial charge in [0, 0.05) is 107 Å². The lowest BCUT2D eigenvalue weighted by Gasteiger charge is -2.45. The number of halogens is 6. The van der Waals surface area contributed by atoms with Crippen molar-refractivity contribution in [3.8, 4) is 33.8 Å². The molecule has 6 aromatic rings. The maximum absolute atomic E-state index is 14.0. The highest BCUT2D eigenvalue weighted by Gasteiger charge is 2.42. The van der Waals surface area contributed by atoms with Crippen molar-refractivity contribution in [2.75, 3.05) is 111 Å². The Morgan fingerprint density at radius 2 is 1.12 bits per heavy atom. The van der Waals surface area contributed by atoms with Gasteiger partial charge in [-0.15, -0.1) is 0 Å². The van der Waals surface area contributed by atoms with E-state index in [1.165, 1.54) is 18.6 Å². The molecule has 12 rings (SSSR count). The molecule has 12 heterocycles. The van der Waals surface area contributed by atoms with Crippen LogP contribution in [0.3, 0.4) is 0 Å². The predicted octanol–water partition coefficient (Wildman–Crippen LogP) is 10.2. The molecule has 512 valence electrons. The fraction of sp³-hybridized carbons (Fsp3) is 0.538. The highest BCUT2D eigenvalue weighted by Crippen LogP contribution is 2.41. The van der Waals surface area contributed by atoms with Crippen LogP contribution >= 0.6 is 69.6 Å². The Hall–Kier alpha value is -6.04.